The Morgan fingerprint density at radius 2 is 2.47 bits per heavy atom. The fourth-order valence-electron chi connectivity index (χ4n) is 2.42. The van der Waals surface area contributed by atoms with E-state index in [2.05, 4.69) is 29.1 Å². The second-order valence-corrected chi connectivity index (χ2v) is 5.86. The molecule has 2 heterocycles. The van der Waals surface area contributed by atoms with Crippen molar-refractivity contribution < 1.29 is 0 Å². The molecule has 1 saturated heterocycles. The van der Waals surface area contributed by atoms with E-state index in [1.807, 2.05) is 0 Å². The number of aromatic nitrogens is 1. The van der Waals surface area contributed by atoms with Crippen molar-refractivity contribution >= 4 is 22.9 Å². The molecular formula is C11H17ClN2S. The summed E-state index contributed by atoms with van der Waals surface area (Å²) in [6.07, 6.45) is 2.57. The third kappa shape index (κ3) is 2.71. The van der Waals surface area contributed by atoms with Gasteiger partial charge >= 0.3 is 0 Å². The molecule has 2 nitrogen and oxygen atoms in total. The average Bonchev–Trinajstić information content (AvgIpc) is 2.73. The molecule has 1 aliphatic rings. The largest absolute Gasteiger partial charge is 0.294 e. The van der Waals surface area contributed by atoms with Crippen LogP contribution in [0, 0.1) is 5.92 Å². The van der Waals surface area contributed by atoms with Gasteiger partial charge in [0.15, 0.2) is 4.47 Å². The van der Waals surface area contributed by atoms with Crippen LogP contribution in [0.1, 0.15) is 32.4 Å². The van der Waals surface area contributed by atoms with Gasteiger partial charge in [-0.05, 0) is 18.8 Å². The summed E-state index contributed by atoms with van der Waals surface area (Å²) in [4.78, 5) is 6.85. The predicted molar refractivity (Wildman–Crippen MR) is 65.4 cm³/mol. The molecule has 84 valence electrons. The molecule has 2 unspecified atom stereocenters. The van der Waals surface area contributed by atoms with Gasteiger partial charge in [0.2, 0.25) is 0 Å². The zero-order valence-electron chi connectivity index (χ0n) is 9.24. The van der Waals surface area contributed by atoms with Crippen LogP contribution in [0.15, 0.2) is 5.38 Å². The van der Waals surface area contributed by atoms with Crippen LogP contribution in [0.4, 0.5) is 0 Å². The number of likely N-dealkylation sites (tertiary alicyclic amines) is 1. The Hall–Kier alpha value is -0.120. The number of hydrogen-bond acceptors (Lipinski definition) is 3. The topological polar surface area (TPSA) is 16.1 Å². The first-order chi connectivity index (χ1) is 7.19. The molecule has 4 heteroatoms. The van der Waals surface area contributed by atoms with Crippen LogP contribution < -0.4 is 0 Å². The summed E-state index contributed by atoms with van der Waals surface area (Å²) in [5, 5.41) is 2.07. The molecule has 0 radical (unpaired) electrons. The zero-order valence-corrected chi connectivity index (χ0v) is 10.8. The molecule has 0 spiro atoms. The zero-order chi connectivity index (χ0) is 10.8. The lowest BCUT2D eigenvalue weighted by atomic mass is 10.1. The molecule has 0 aliphatic carbocycles. The molecular weight excluding hydrogens is 228 g/mol. The van der Waals surface area contributed by atoms with Crippen LogP contribution in [0.3, 0.4) is 0 Å². The Balaban J connectivity index is 1.99. The minimum Gasteiger partial charge on any atom is -0.294 e. The van der Waals surface area contributed by atoms with Gasteiger partial charge in [0.1, 0.15) is 0 Å². The summed E-state index contributed by atoms with van der Waals surface area (Å²) < 4.78 is 0.658. The Kier molecular flexibility index (Phi) is 3.65. The number of halogens is 1. The minimum absolute atomic E-state index is 0.658. The van der Waals surface area contributed by atoms with Crippen molar-refractivity contribution in [2.75, 3.05) is 6.54 Å². The highest BCUT2D eigenvalue weighted by Gasteiger charge is 2.28. The van der Waals surface area contributed by atoms with Crippen LogP contribution in [0.25, 0.3) is 0 Å². The van der Waals surface area contributed by atoms with Gasteiger partial charge in [-0.15, -0.1) is 11.3 Å². The van der Waals surface area contributed by atoms with Gasteiger partial charge in [0, 0.05) is 24.5 Å². The van der Waals surface area contributed by atoms with Gasteiger partial charge in [-0.3, -0.25) is 4.90 Å². The summed E-state index contributed by atoms with van der Waals surface area (Å²) in [5.41, 5.74) is 1.12. The Bertz CT molecular complexity index is 326. The Labute approximate surface area is 100 Å². The second kappa shape index (κ2) is 4.81. The fraction of sp³-hybridized carbons (Fsp3) is 0.727. The number of nitrogens with zero attached hydrogens (tertiary/aromatic N) is 2. The molecule has 1 fully saturated rings. The highest BCUT2D eigenvalue weighted by atomic mass is 35.5. The van der Waals surface area contributed by atoms with E-state index in [4.69, 9.17) is 11.6 Å². The summed E-state index contributed by atoms with van der Waals surface area (Å²) in [6, 6.07) is 0.737. The molecule has 1 aromatic rings. The summed E-state index contributed by atoms with van der Waals surface area (Å²) in [5.74, 6) is 0.823. The number of rotatable bonds is 3. The van der Waals surface area contributed by atoms with E-state index >= 15 is 0 Å². The third-order valence-electron chi connectivity index (χ3n) is 3.10. The maximum atomic E-state index is 5.83. The molecule has 1 aromatic heterocycles. The van der Waals surface area contributed by atoms with E-state index in [1.54, 1.807) is 0 Å². The van der Waals surface area contributed by atoms with E-state index in [-0.39, 0.29) is 0 Å². The van der Waals surface area contributed by atoms with Gasteiger partial charge in [-0.1, -0.05) is 25.4 Å². The van der Waals surface area contributed by atoms with Crippen molar-refractivity contribution in [1.82, 2.24) is 9.88 Å². The van der Waals surface area contributed by atoms with Crippen molar-refractivity contribution in [2.45, 2.75) is 39.3 Å². The van der Waals surface area contributed by atoms with E-state index in [0.29, 0.717) is 4.47 Å². The molecule has 2 rings (SSSR count). The van der Waals surface area contributed by atoms with E-state index in [9.17, 15) is 0 Å². The van der Waals surface area contributed by atoms with Gasteiger partial charge in [-0.2, -0.15) is 0 Å². The average molecular weight is 245 g/mol. The summed E-state index contributed by atoms with van der Waals surface area (Å²) >= 11 is 7.36. The smallest absolute Gasteiger partial charge is 0.183 e. The summed E-state index contributed by atoms with van der Waals surface area (Å²) in [7, 11) is 0. The lowest BCUT2D eigenvalue weighted by molar-refractivity contribution is 0.235. The van der Waals surface area contributed by atoms with Crippen molar-refractivity contribution in [1.29, 1.82) is 0 Å². The highest BCUT2D eigenvalue weighted by Crippen LogP contribution is 2.27. The molecule has 2 atom stereocenters. The first kappa shape index (κ1) is 11.4. The van der Waals surface area contributed by atoms with Crippen molar-refractivity contribution in [3.63, 3.8) is 0 Å². The van der Waals surface area contributed by atoms with Crippen molar-refractivity contribution in [3.05, 3.63) is 15.5 Å². The van der Waals surface area contributed by atoms with Crippen molar-refractivity contribution in [3.8, 4) is 0 Å². The molecule has 0 bridgehead atoms. The maximum Gasteiger partial charge on any atom is 0.183 e. The first-order valence-electron chi connectivity index (χ1n) is 5.53. The molecule has 0 N–H and O–H groups in total. The Morgan fingerprint density at radius 3 is 3.07 bits per heavy atom. The highest BCUT2D eigenvalue weighted by molar-refractivity contribution is 7.13. The van der Waals surface area contributed by atoms with Crippen molar-refractivity contribution in [2.24, 2.45) is 5.92 Å². The SMILES string of the molecule is CCC1CC(C)CN1Cc1csc(Cl)n1. The van der Waals surface area contributed by atoms with Gasteiger partial charge < -0.3 is 0 Å². The van der Waals surface area contributed by atoms with E-state index in [1.165, 1.54) is 30.7 Å². The molecule has 0 amide bonds. The van der Waals surface area contributed by atoms with Crippen LogP contribution in [-0.4, -0.2) is 22.5 Å². The maximum absolute atomic E-state index is 5.83. The molecule has 0 aromatic carbocycles. The van der Waals surface area contributed by atoms with Gasteiger partial charge in [0.05, 0.1) is 5.69 Å². The molecule has 0 saturated carbocycles. The minimum atomic E-state index is 0.658. The monoisotopic (exact) mass is 244 g/mol. The third-order valence-corrected chi connectivity index (χ3v) is 4.12. The first-order valence-corrected chi connectivity index (χ1v) is 6.78. The number of hydrogen-bond donors (Lipinski definition) is 0. The summed E-state index contributed by atoms with van der Waals surface area (Å²) in [6.45, 7) is 6.76. The van der Waals surface area contributed by atoms with E-state index < -0.39 is 0 Å². The van der Waals surface area contributed by atoms with E-state index in [0.717, 1.165) is 24.2 Å². The fourth-order valence-corrected chi connectivity index (χ4v) is 3.19. The van der Waals surface area contributed by atoms with Gasteiger partial charge in [0.25, 0.3) is 0 Å². The van der Waals surface area contributed by atoms with Crippen LogP contribution in [-0.2, 0) is 6.54 Å². The normalized spacial score (nSPS) is 27.4. The quantitative estimate of drug-likeness (QED) is 0.810. The molecule has 1 aliphatic heterocycles. The molecule has 15 heavy (non-hydrogen) atoms. The number of thiazole rings is 1. The standard InChI is InChI=1S/C11H17ClN2S/c1-3-10-4-8(2)5-14(10)6-9-7-15-11(12)13-9/h7-8,10H,3-6H2,1-2H3. The second-order valence-electron chi connectivity index (χ2n) is 4.42. The van der Waals surface area contributed by atoms with Crippen LogP contribution in [0.2, 0.25) is 4.47 Å². The predicted octanol–water partition coefficient (Wildman–Crippen LogP) is 3.42. The Morgan fingerprint density at radius 1 is 1.67 bits per heavy atom. The van der Waals surface area contributed by atoms with Crippen LogP contribution >= 0.6 is 22.9 Å². The lowest BCUT2D eigenvalue weighted by Gasteiger charge is -2.21. The van der Waals surface area contributed by atoms with Crippen LogP contribution in [0.5, 0.6) is 0 Å². The van der Waals surface area contributed by atoms with Gasteiger partial charge in [-0.25, -0.2) is 4.98 Å². The lowest BCUT2D eigenvalue weighted by Crippen LogP contribution is -2.28.